The highest BCUT2D eigenvalue weighted by Gasteiger charge is 2.60. The quantitative estimate of drug-likeness (QED) is 0.218. The van der Waals surface area contributed by atoms with Gasteiger partial charge in [-0.25, -0.2) is 0 Å². The largest absolute Gasteiger partial charge is 0.393 e. The zero-order valence-corrected chi connectivity index (χ0v) is 24.1. The minimum atomic E-state index is -0.811. The molecule has 0 aromatic rings. The smallest absolute Gasteiger partial charge is 0.230 e. The van der Waals surface area contributed by atoms with Gasteiger partial charge >= 0.3 is 0 Å². The van der Waals surface area contributed by atoms with E-state index in [9.17, 15) is 29.4 Å². The first-order chi connectivity index (χ1) is 18.3. The summed E-state index contributed by atoms with van der Waals surface area (Å²) in [6.07, 6.45) is 0.693. The van der Waals surface area contributed by atoms with Crippen molar-refractivity contribution in [2.24, 2.45) is 47.3 Å². The summed E-state index contributed by atoms with van der Waals surface area (Å²) in [5, 5.41) is 29.6. The van der Waals surface area contributed by atoms with Gasteiger partial charge in [-0.05, 0) is 91.4 Å². The molecule has 5 N–H and O–H groups in total. The van der Waals surface area contributed by atoms with Crippen LogP contribution in [0.1, 0.15) is 39.5 Å². The molecule has 11 nitrogen and oxygen atoms in total. The summed E-state index contributed by atoms with van der Waals surface area (Å²) in [6, 6.07) is 0.222. The highest BCUT2D eigenvalue weighted by Crippen LogP contribution is 2.54. The van der Waals surface area contributed by atoms with E-state index in [1.165, 1.54) is 0 Å². The van der Waals surface area contributed by atoms with Gasteiger partial charge in [0.2, 0.25) is 23.6 Å². The van der Waals surface area contributed by atoms with Crippen LogP contribution in [0.25, 0.3) is 0 Å². The molecule has 0 heterocycles. The van der Waals surface area contributed by atoms with Crippen LogP contribution in [-0.4, -0.2) is 109 Å². The molecule has 0 spiro atoms. The molecule has 0 radical (unpaired) electrons. The number of carbonyl (C=O) groups is 4. The number of hydrogen-bond acceptors (Lipinski definition) is 8. The first kappa shape index (κ1) is 29.9. The van der Waals surface area contributed by atoms with Gasteiger partial charge < -0.3 is 30.6 Å². The lowest BCUT2D eigenvalue weighted by Gasteiger charge is -2.34. The summed E-state index contributed by atoms with van der Waals surface area (Å²) in [6.45, 7) is 4.85. The van der Waals surface area contributed by atoms with Gasteiger partial charge in [0.25, 0.3) is 0 Å². The summed E-state index contributed by atoms with van der Waals surface area (Å²) in [4.78, 5) is 57.6. The van der Waals surface area contributed by atoms with Gasteiger partial charge in [-0.3, -0.25) is 24.5 Å². The van der Waals surface area contributed by atoms with Crippen molar-refractivity contribution in [1.29, 1.82) is 0 Å². The summed E-state index contributed by atoms with van der Waals surface area (Å²) < 4.78 is 0. The van der Waals surface area contributed by atoms with Crippen LogP contribution in [0.5, 0.6) is 0 Å². The van der Waals surface area contributed by atoms with E-state index in [0.29, 0.717) is 38.8 Å². The summed E-state index contributed by atoms with van der Waals surface area (Å²) in [7, 11) is 7.70. The molecular weight excluding hydrogens is 502 g/mol. The predicted octanol–water partition coefficient (Wildman–Crippen LogP) is -0.972. The Morgan fingerprint density at radius 2 is 1.00 bits per heavy atom. The normalized spacial score (nSPS) is 38.2. The number of imide groups is 1. The fourth-order valence-electron chi connectivity index (χ4n) is 7.51. The fraction of sp³-hybridized carbons (Fsp3) is 0.857. The average Bonchev–Trinajstić information content (AvgIpc) is 3.63. The number of nitrogens with one attached hydrogen (secondary N) is 3. The number of amides is 4. The first-order valence-corrected chi connectivity index (χ1v) is 14.4. The second-order valence-corrected chi connectivity index (χ2v) is 13.0. The molecule has 12 atom stereocenters. The Hall–Kier alpha value is -2.08. The number of aliphatic hydroxyl groups excluding tert-OH is 2. The van der Waals surface area contributed by atoms with Crippen molar-refractivity contribution in [3.05, 3.63) is 0 Å². The highest BCUT2D eigenvalue weighted by atomic mass is 16.3. The van der Waals surface area contributed by atoms with Crippen LogP contribution < -0.4 is 16.0 Å². The SMILES string of the molecule is CC(CNC(=O)C1C2CC(O)C(C2)C1C(=O)NC(=O)C1C2CC(CC2O)C1C(=O)NCC(C)N(C)C)N(C)C. The molecule has 4 amide bonds. The second kappa shape index (κ2) is 11.8. The highest BCUT2D eigenvalue weighted by molar-refractivity contribution is 6.01. The summed E-state index contributed by atoms with van der Waals surface area (Å²) in [5.41, 5.74) is 0. The summed E-state index contributed by atoms with van der Waals surface area (Å²) in [5.74, 6) is -5.44. The van der Waals surface area contributed by atoms with E-state index in [4.69, 9.17) is 0 Å². The molecule has 4 aliphatic rings. The van der Waals surface area contributed by atoms with E-state index < -0.39 is 47.7 Å². The van der Waals surface area contributed by atoms with Crippen molar-refractivity contribution >= 4 is 23.6 Å². The minimum absolute atomic E-state index is 0.111. The molecule has 12 unspecified atom stereocenters. The van der Waals surface area contributed by atoms with Crippen LogP contribution in [0.15, 0.2) is 0 Å². The Bertz CT molecular complexity index is 885. The van der Waals surface area contributed by atoms with E-state index in [1.807, 2.05) is 51.8 Å². The van der Waals surface area contributed by atoms with E-state index in [2.05, 4.69) is 16.0 Å². The van der Waals surface area contributed by atoms with Crippen molar-refractivity contribution in [3.63, 3.8) is 0 Å². The predicted molar refractivity (Wildman–Crippen MR) is 144 cm³/mol. The zero-order valence-electron chi connectivity index (χ0n) is 24.1. The average molecular weight is 550 g/mol. The van der Waals surface area contributed by atoms with E-state index in [-0.39, 0.29) is 47.6 Å². The standard InChI is InChI=1S/C28H47N5O6/c1-13(32(3)4)11-29-25(36)21-15-7-17(19(34)9-15)23(21)27(38)31-28(39)24-18-8-16(10-20(18)35)22(24)26(37)30-12-14(2)33(5)6/h13-24,34-35H,7-12H2,1-6H3,(H,29,36)(H,30,37)(H,31,38,39). The molecule has 4 aliphatic carbocycles. The van der Waals surface area contributed by atoms with E-state index in [1.54, 1.807) is 0 Å². The molecule has 4 fully saturated rings. The third-order valence-corrected chi connectivity index (χ3v) is 10.3. The van der Waals surface area contributed by atoms with Gasteiger partial charge in [-0.15, -0.1) is 0 Å². The Kier molecular flexibility index (Phi) is 9.05. The van der Waals surface area contributed by atoms with Crippen LogP contribution >= 0.6 is 0 Å². The second-order valence-electron chi connectivity index (χ2n) is 13.0. The number of fused-ring (bicyclic) bond motifs is 4. The maximum absolute atomic E-state index is 13.6. The van der Waals surface area contributed by atoms with E-state index in [0.717, 1.165) is 0 Å². The molecule has 4 saturated carbocycles. The van der Waals surface area contributed by atoms with Crippen molar-refractivity contribution < 1.29 is 29.4 Å². The Morgan fingerprint density at radius 1 is 0.641 bits per heavy atom. The Labute approximate surface area is 231 Å². The zero-order chi connectivity index (χ0) is 28.8. The Balaban J connectivity index is 1.45. The lowest BCUT2D eigenvalue weighted by Crippen LogP contribution is -2.53. The third-order valence-electron chi connectivity index (χ3n) is 10.3. The van der Waals surface area contributed by atoms with Gasteiger partial charge in [0.05, 0.1) is 35.9 Å². The lowest BCUT2D eigenvalue weighted by atomic mass is 9.75. The molecule has 4 rings (SSSR count). The van der Waals surface area contributed by atoms with Gasteiger partial charge in [-0.2, -0.15) is 0 Å². The first-order valence-electron chi connectivity index (χ1n) is 14.4. The fourth-order valence-corrected chi connectivity index (χ4v) is 7.51. The van der Waals surface area contributed by atoms with Crippen LogP contribution in [0.4, 0.5) is 0 Å². The van der Waals surface area contributed by atoms with E-state index >= 15 is 0 Å². The van der Waals surface area contributed by atoms with Crippen molar-refractivity contribution in [2.75, 3.05) is 41.3 Å². The topological polar surface area (TPSA) is 151 Å². The van der Waals surface area contributed by atoms with Gasteiger partial charge in [-0.1, -0.05) is 0 Å². The lowest BCUT2D eigenvalue weighted by molar-refractivity contribution is -0.147. The number of likely N-dealkylation sites (N-methyl/N-ethyl adjacent to an activating group) is 2. The molecule has 0 aromatic carbocycles. The van der Waals surface area contributed by atoms with Crippen LogP contribution in [0, 0.1) is 47.3 Å². The van der Waals surface area contributed by atoms with Gasteiger partial charge in [0, 0.05) is 25.2 Å². The molecular formula is C28H47N5O6. The molecule has 0 aliphatic heterocycles. The van der Waals surface area contributed by atoms with Crippen LogP contribution in [0.2, 0.25) is 0 Å². The molecule has 220 valence electrons. The number of carbonyl (C=O) groups excluding carboxylic acids is 4. The monoisotopic (exact) mass is 549 g/mol. The molecule has 39 heavy (non-hydrogen) atoms. The number of nitrogens with zero attached hydrogens (tertiary/aromatic N) is 2. The third kappa shape index (κ3) is 5.87. The minimum Gasteiger partial charge on any atom is -0.393 e. The van der Waals surface area contributed by atoms with Crippen LogP contribution in [0.3, 0.4) is 0 Å². The number of hydrogen-bond donors (Lipinski definition) is 5. The maximum atomic E-state index is 13.6. The number of aliphatic hydroxyl groups is 2. The molecule has 11 heteroatoms. The Morgan fingerprint density at radius 3 is 1.33 bits per heavy atom. The molecule has 0 saturated heterocycles. The molecule has 4 bridgehead atoms. The van der Waals surface area contributed by atoms with Crippen molar-refractivity contribution in [2.45, 2.75) is 63.8 Å². The van der Waals surface area contributed by atoms with Crippen molar-refractivity contribution in [3.8, 4) is 0 Å². The molecule has 0 aromatic heterocycles. The number of rotatable bonds is 10. The van der Waals surface area contributed by atoms with Gasteiger partial charge in [0.15, 0.2) is 0 Å². The maximum Gasteiger partial charge on any atom is 0.230 e. The van der Waals surface area contributed by atoms with Crippen LogP contribution in [-0.2, 0) is 19.2 Å². The summed E-state index contributed by atoms with van der Waals surface area (Å²) >= 11 is 0. The van der Waals surface area contributed by atoms with Gasteiger partial charge in [0.1, 0.15) is 0 Å². The van der Waals surface area contributed by atoms with Crippen molar-refractivity contribution in [1.82, 2.24) is 25.8 Å².